The highest BCUT2D eigenvalue weighted by atomic mass is 16.8. The molecule has 17 heteroatoms. The third kappa shape index (κ3) is 14.4. The first-order chi connectivity index (χ1) is 26.0. The van der Waals surface area contributed by atoms with Crippen molar-refractivity contribution >= 4 is 30.2 Å². The minimum absolute atomic E-state index is 0.0672. The fraction of sp³-hybridized carbons (Fsp3) is 0.359. The summed E-state index contributed by atoms with van der Waals surface area (Å²) >= 11 is 0. The van der Waals surface area contributed by atoms with Crippen LogP contribution in [-0.4, -0.2) is 66.5 Å². The monoisotopic (exact) mass is 770 g/mol. The molecular weight excluding hydrogens is 724 g/mol. The summed E-state index contributed by atoms with van der Waals surface area (Å²) in [5.74, 6) is -1.09. The van der Waals surface area contributed by atoms with Crippen molar-refractivity contribution in [2.75, 3.05) is 0 Å². The van der Waals surface area contributed by atoms with Gasteiger partial charge in [-0.2, -0.15) is 10.5 Å². The standard InChI is InChI=1S/C17H18N4O3.C12H10N4O.C10H18O5/c1-11-13(12-5-7-19-8-6-12)9-21(14(11)15(22)20-10-18)16(23)24-17(2,3)4;1-8-10(9-2-4-14-5-3-9)6-15-11(8)12(17)16-7-13;1-9(2,3)14-7(11)13-8(12)15-10(4,5)6/h5-9H,1-4H3,(H,20,22);2-6,15H,1H3,(H,16,17);1-6H3. The van der Waals surface area contributed by atoms with Gasteiger partial charge in [-0.1, -0.05) is 0 Å². The Morgan fingerprint density at radius 2 is 1.09 bits per heavy atom. The number of nitrogens with one attached hydrogen (secondary N) is 3. The van der Waals surface area contributed by atoms with E-state index in [2.05, 4.69) is 30.3 Å². The maximum Gasteiger partial charge on any atom is 0.519 e. The van der Waals surface area contributed by atoms with Gasteiger partial charge in [-0.15, -0.1) is 0 Å². The number of hydrogen-bond donors (Lipinski definition) is 3. The number of ether oxygens (including phenoxy) is 4. The van der Waals surface area contributed by atoms with Crippen molar-refractivity contribution in [3.05, 3.63) is 84.0 Å². The average Bonchev–Trinajstić information content (AvgIpc) is 3.63. The van der Waals surface area contributed by atoms with Gasteiger partial charge < -0.3 is 23.9 Å². The van der Waals surface area contributed by atoms with Gasteiger partial charge in [0.25, 0.3) is 11.8 Å². The van der Waals surface area contributed by atoms with Crippen LogP contribution in [0.1, 0.15) is 94.4 Å². The zero-order valence-electron chi connectivity index (χ0n) is 33.2. The van der Waals surface area contributed by atoms with E-state index >= 15 is 0 Å². The molecule has 2 amide bonds. The lowest BCUT2D eigenvalue weighted by atomic mass is 10.1. The normalized spacial score (nSPS) is 10.7. The molecule has 0 radical (unpaired) electrons. The number of aromatic amines is 1. The summed E-state index contributed by atoms with van der Waals surface area (Å²) < 4.78 is 20.3. The number of pyridine rings is 2. The van der Waals surface area contributed by atoms with Crippen LogP contribution < -0.4 is 10.6 Å². The Morgan fingerprint density at radius 3 is 1.52 bits per heavy atom. The highest BCUT2D eigenvalue weighted by molar-refractivity contribution is 6.00. The van der Waals surface area contributed by atoms with Crippen LogP contribution in [0.4, 0.5) is 14.4 Å². The van der Waals surface area contributed by atoms with Crippen molar-refractivity contribution in [2.45, 2.75) is 93.0 Å². The number of amides is 2. The van der Waals surface area contributed by atoms with E-state index in [-0.39, 0.29) is 5.69 Å². The third-order valence-corrected chi connectivity index (χ3v) is 6.70. The highest BCUT2D eigenvalue weighted by Crippen LogP contribution is 2.28. The van der Waals surface area contributed by atoms with Gasteiger partial charge in [0.15, 0.2) is 12.4 Å². The highest BCUT2D eigenvalue weighted by Gasteiger charge is 2.27. The Hall–Kier alpha value is -7.01. The quantitative estimate of drug-likeness (QED) is 0.0606. The summed E-state index contributed by atoms with van der Waals surface area (Å²) in [4.78, 5) is 69.0. The van der Waals surface area contributed by atoms with Gasteiger partial charge in [-0.3, -0.25) is 30.2 Å². The largest absolute Gasteiger partial charge is 0.519 e. The molecule has 0 aliphatic carbocycles. The van der Waals surface area contributed by atoms with Crippen LogP contribution in [-0.2, 0) is 18.9 Å². The summed E-state index contributed by atoms with van der Waals surface area (Å²) in [6.45, 7) is 18.8. The molecule has 0 spiro atoms. The van der Waals surface area contributed by atoms with Crippen molar-refractivity contribution in [3.8, 4) is 34.6 Å². The van der Waals surface area contributed by atoms with E-state index in [1.54, 1.807) is 125 Å². The van der Waals surface area contributed by atoms with E-state index in [9.17, 15) is 24.0 Å². The molecule has 56 heavy (non-hydrogen) atoms. The summed E-state index contributed by atoms with van der Waals surface area (Å²) in [6, 6.07) is 7.27. The minimum Gasteiger partial charge on any atom is -0.443 e. The smallest absolute Gasteiger partial charge is 0.443 e. The molecule has 4 heterocycles. The summed E-state index contributed by atoms with van der Waals surface area (Å²) in [5, 5.41) is 21.3. The summed E-state index contributed by atoms with van der Waals surface area (Å²) in [7, 11) is 0. The fourth-order valence-electron chi connectivity index (χ4n) is 4.55. The Balaban J connectivity index is 0.000000301. The number of aromatic nitrogens is 4. The van der Waals surface area contributed by atoms with E-state index in [4.69, 9.17) is 24.7 Å². The van der Waals surface area contributed by atoms with E-state index in [1.165, 1.54) is 6.20 Å². The molecule has 0 atom stereocenters. The second kappa shape index (κ2) is 19.4. The Labute approximate surface area is 324 Å². The molecule has 0 fully saturated rings. The zero-order valence-corrected chi connectivity index (χ0v) is 33.2. The van der Waals surface area contributed by atoms with Gasteiger partial charge in [0.2, 0.25) is 0 Å². The van der Waals surface area contributed by atoms with Crippen LogP contribution in [0.2, 0.25) is 0 Å². The predicted octanol–water partition coefficient (Wildman–Crippen LogP) is 7.32. The fourth-order valence-corrected chi connectivity index (χ4v) is 4.55. The molecule has 0 bridgehead atoms. The first-order valence-electron chi connectivity index (χ1n) is 16.9. The molecule has 0 saturated carbocycles. The zero-order chi connectivity index (χ0) is 42.4. The Morgan fingerprint density at radius 1 is 0.661 bits per heavy atom. The van der Waals surface area contributed by atoms with Crippen molar-refractivity contribution in [1.82, 2.24) is 30.2 Å². The van der Waals surface area contributed by atoms with Gasteiger partial charge in [0, 0.05) is 48.3 Å². The van der Waals surface area contributed by atoms with Crippen LogP contribution >= 0.6 is 0 Å². The molecule has 0 saturated heterocycles. The first kappa shape index (κ1) is 45.1. The number of H-pyrrole nitrogens is 1. The topological polar surface area (TPSA) is 240 Å². The molecule has 0 aliphatic rings. The molecule has 4 aromatic heterocycles. The number of carbonyl (C=O) groups is 5. The second-order valence-corrected chi connectivity index (χ2v) is 14.7. The lowest BCUT2D eigenvalue weighted by Crippen LogP contribution is -2.30. The van der Waals surface area contributed by atoms with Gasteiger partial charge in [0.1, 0.15) is 28.2 Å². The summed E-state index contributed by atoms with van der Waals surface area (Å²) in [5.41, 5.74) is 3.13. The lowest BCUT2D eigenvalue weighted by molar-refractivity contribution is -0.0294. The number of rotatable bonds is 4. The van der Waals surface area contributed by atoms with E-state index in [0.29, 0.717) is 16.8 Å². The number of nitrogens with zero attached hydrogens (tertiary/aromatic N) is 5. The first-order valence-corrected chi connectivity index (χ1v) is 16.9. The average molecular weight is 771 g/mol. The Kier molecular flexibility index (Phi) is 15.6. The maximum atomic E-state index is 12.5. The van der Waals surface area contributed by atoms with Crippen LogP contribution in [0.3, 0.4) is 0 Å². The number of carbonyl (C=O) groups excluding carboxylic acids is 5. The maximum absolute atomic E-state index is 12.5. The molecule has 0 unspecified atom stereocenters. The van der Waals surface area contributed by atoms with Crippen molar-refractivity contribution in [1.29, 1.82) is 10.5 Å². The van der Waals surface area contributed by atoms with E-state index in [1.807, 2.05) is 19.1 Å². The molecular formula is C39H46N8O9. The second-order valence-electron chi connectivity index (χ2n) is 14.7. The van der Waals surface area contributed by atoms with Crippen LogP contribution in [0.25, 0.3) is 22.3 Å². The molecule has 0 aromatic carbocycles. The van der Waals surface area contributed by atoms with Crippen LogP contribution in [0.5, 0.6) is 0 Å². The SMILES string of the molecule is CC(C)(C)OC(=O)OC(=O)OC(C)(C)C.Cc1c(-c2ccncc2)c[nH]c1C(=O)NC#N.Cc1c(-c2ccncc2)cn(C(=O)OC(C)(C)C)c1C(=O)NC#N. The minimum atomic E-state index is -1.06. The Bertz CT molecular complexity index is 2060. The van der Waals surface area contributed by atoms with E-state index in [0.717, 1.165) is 26.8 Å². The predicted molar refractivity (Wildman–Crippen MR) is 203 cm³/mol. The molecule has 4 aromatic rings. The molecule has 296 valence electrons. The van der Waals surface area contributed by atoms with Crippen LogP contribution in [0, 0.1) is 36.8 Å². The number of nitriles is 2. The van der Waals surface area contributed by atoms with Crippen LogP contribution in [0.15, 0.2) is 61.4 Å². The van der Waals surface area contributed by atoms with Gasteiger partial charge >= 0.3 is 18.4 Å². The third-order valence-electron chi connectivity index (χ3n) is 6.70. The van der Waals surface area contributed by atoms with Gasteiger partial charge in [-0.05, 0) is 123 Å². The number of hydrogen-bond acceptors (Lipinski definition) is 13. The van der Waals surface area contributed by atoms with Gasteiger partial charge in [-0.25, -0.2) is 19.0 Å². The molecule has 17 nitrogen and oxygen atoms in total. The molecule has 0 aliphatic heterocycles. The molecule has 3 N–H and O–H groups in total. The van der Waals surface area contributed by atoms with Crippen molar-refractivity contribution in [2.24, 2.45) is 0 Å². The van der Waals surface area contributed by atoms with Crippen molar-refractivity contribution in [3.63, 3.8) is 0 Å². The van der Waals surface area contributed by atoms with E-state index < -0.39 is 47.0 Å². The summed E-state index contributed by atoms with van der Waals surface area (Å²) in [6.07, 6.45) is 10.3. The lowest BCUT2D eigenvalue weighted by Gasteiger charge is -2.20. The molecule has 4 rings (SSSR count). The van der Waals surface area contributed by atoms with Crippen molar-refractivity contribution < 1.29 is 42.9 Å². The van der Waals surface area contributed by atoms with Gasteiger partial charge in [0.05, 0.1) is 0 Å².